The van der Waals surface area contributed by atoms with Crippen LogP contribution < -0.4 is 5.32 Å². The Bertz CT molecular complexity index is 714. The van der Waals surface area contributed by atoms with Gasteiger partial charge in [0, 0.05) is 19.2 Å². The molecule has 2 aromatic rings. The number of likely N-dealkylation sites (N-methyl/N-ethyl adjacent to an activating group) is 1. The minimum Gasteiger partial charge on any atom is -0.340 e. The molecular formula is C20H23FN2O2. The molecule has 1 unspecified atom stereocenters. The van der Waals surface area contributed by atoms with Crippen molar-refractivity contribution in [3.63, 3.8) is 0 Å². The SMILES string of the molecule is CC(C)C(NC(=O)c1ccc(F)cc1)C(=O)N(C)Cc1ccccc1. The van der Waals surface area contributed by atoms with Crippen LogP contribution in [0.3, 0.4) is 0 Å². The molecule has 25 heavy (non-hydrogen) atoms. The topological polar surface area (TPSA) is 49.4 Å². The lowest BCUT2D eigenvalue weighted by molar-refractivity contribution is -0.133. The molecule has 5 heteroatoms. The molecule has 2 amide bonds. The average molecular weight is 342 g/mol. The van der Waals surface area contributed by atoms with Gasteiger partial charge in [-0.1, -0.05) is 44.2 Å². The molecule has 2 aromatic carbocycles. The van der Waals surface area contributed by atoms with E-state index >= 15 is 0 Å². The molecule has 0 aromatic heterocycles. The highest BCUT2D eigenvalue weighted by molar-refractivity contribution is 5.97. The fraction of sp³-hybridized carbons (Fsp3) is 0.300. The molecule has 1 N–H and O–H groups in total. The Morgan fingerprint density at radius 1 is 1.04 bits per heavy atom. The lowest BCUT2D eigenvalue weighted by Gasteiger charge is -2.27. The van der Waals surface area contributed by atoms with E-state index in [1.165, 1.54) is 24.3 Å². The van der Waals surface area contributed by atoms with Crippen molar-refractivity contribution in [1.82, 2.24) is 10.2 Å². The lowest BCUT2D eigenvalue weighted by Crippen LogP contribution is -2.50. The number of nitrogens with one attached hydrogen (secondary N) is 1. The molecule has 1 atom stereocenters. The fourth-order valence-corrected chi connectivity index (χ4v) is 2.51. The van der Waals surface area contributed by atoms with Gasteiger partial charge in [-0.25, -0.2) is 4.39 Å². The van der Waals surface area contributed by atoms with Crippen molar-refractivity contribution in [2.45, 2.75) is 26.4 Å². The largest absolute Gasteiger partial charge is 0.340 e. The van der Waals surface area contributed by atoms with E-state index in [1.54, 1.807) is 11.9 Å². The molecule has 132 valence electrons. The Morgan fingerprint density at radius 2 is 1.64 bits per heavy atom. The second kappa shape index (κ2) is 8.42. The van der Waals surface area contributed by atoms with E-state index < -0.39 is 11.9 Å². The first-order valence-electron chi connectivity index (χ1n) is 8.24. The summed E-state index contributed by atoms with van der Waals surface area (Å²) in [4.78, 5) is 26.7. The molecule has 2 rings (SSSR count). The predicted octanol–water partition coefficient (Wildman–Crippen LogP) is 3.24. The molecule has 0 aliphatic carbocycles. The van der Waals surface area contributed by atoms with Crippen molar-refractivity contribution in [1.29, 1.82) is 0 Å². The molecule has 0 fully saturated rings. The highest BCUT2D eigenvalue weighted by atomic mass is 19.1. The number of benzene rings is 2. The van der Waals surface area contributed by atoms with Crippen LogP contribution in [-0.2, 0) is 11.3 Å². The molecule has 0 saturated carbocycles. The van der Waals surface area contributed by atoms with Gasteiger partial charge in [0.05, 0.1) is 0 Å². The summed E-state index contributed by atoms with van der Waals surface area (Å²) in [6.07, 6.45) is 0. The standard InChI is InChI=1S/C20H23FN2O2/c1-14(2)18(22-19(24)16-9-11-17(21)12-10-16)20(25)23(3)13-15-7-5-4-6-8-15/h4-12,14,18H,13H2,1-3H3,(H,22,24). The van der Waals surface area contributed by atoms with E-state index in [-0.39, 0.29) is 17.7 Å². The van der Waals surface area contributed by atoms with Crippen LogP contribution in [0.25, 0.3) is 0 Å². The first-order valence-corrected chi connectivity index (χ1v) is 8.24. The molecule has 0 heterocycles. The molecule has 0 spiro atoms. The van der Waals surface area contributed by atoms with Crippen LogP contribution in [0.15, 0.2) is 54.6 Å². The highest BCUT2D eigenvalue weighted by Crippen LogP contribution is 2.11. The second-order valence-electron chi connectivity index (χ2n) is 6.38. The quantitative estimate of drug-likeness (QED) is 0.876. The smallest absolute Gasteiger partial charge is 0.251 e. The molecule has 0 radical (unpaired) electrons. The van der Waals surface area contributed by atoms with E-state index in [0.717, 1.165) is 5.56 Å². The van der Waals surface area contributed by atoms with Gasteiger partial charge < -0.3 is 10.2 Å². The molecule has 0 aliphatic heterocycles. The third-order valence-electron chi connectivity index (χ3n) is 3.96. The summed E-state index contributed by atoms with van der Waals surface area (Å²) in [7, 11) is 1.72. The predicted molar refractivity (Wildman–Crippen MR) is 95.4 cm³/mol. The number of nitrogens with zero attached hydrogens (tertiary/aromatic N) is 1. The third-order valence-corrected chi connectivity index (χ3v) is 3.96. The van der Waals surface area contributed by atoms with Crippen LogP contribution in [0.2, 0.25) is 0 Å². The summed E-state index contributed by atoms with van der Waals surface area (Å²) < 4.78 is 13.0. The summed E-state index contributed by atoms with van der Waals surface area (Å²) >= 11 is 0. The zero-order chi connectivity index (χ0) is 18.4. The number of carbonyl (C=O) groups is 2. The summed E-state index contributed by atoms with van der Waals surface area (Å²) in [6.45, 7) is 4.23. The Morgan fingerprint density at radius 3 is 2.20 bits per heavy atom. The van der Waals surface area contributed by atoms with E-state index in [0.29, 0.717) is 12.1 Å². The molecule has 0 bridgehead atoms. The molecule has 4 nitrogen and oxygen atoms in total. The number of rotatable bonds is 6. The van der Waals surface area contributed by atoms with Gasteiger partial charge in [-0.3, -0.25) is 9.59 Å². The maximum atomic E-state index is 13.0. The number of carbonyl (C=O) groups excluding carboxylic acids is 2. The van der Waals surface area contributed by atoms with Crippen molar-refractivity contribution >= 4 is 11.8 Å². The third kappa shape index (κ3) is 5.14. The van der Waals surface area contributed by atoms with Crippen molar-refractivity contribution in [2.75, 3.05) is 7.05 Å². The van der Waals surface area contributed by atoms with Crippen LogP contribution in [-0.4, -0.2) is 29.8 Å². The van der Waals surface area contributed by atoms with E-state index in [9.17, 15) is 14.0 Å². The number of hydrogen-bond donors (Lipinski definition) is 1. The summed E-state index contributed by atoms with van der Waals surface area (Å²) in [6, 6.07) is 14.3. The van der Waals surface area contributed by atoms with Gasteiger partial charge in [-0.2, -0.15) is 0 Å². The minimum absolute atomic E-state index is 0.0740. The van der Waals surface area contributed by atoms with Crippen molar-refractivity contribution in [3.8, 4) is 0 Å². The van der Waals surface area contributed by atoms with Crippen molar-refractivity contribution < 1.29 is 14.0 Å². The van der Waals surface area contributed by atoms with Gasteiger partial charge in [0.1, 0.15) is 11.9 Å². The van der Waals surface area contributed by atoms with E-state index in [2.05, 4.69) is 5.32 Å². The Kier molecular flexibility index (Phi) is 6.28. The fourth-order valence-electron chi connectivity index (χ4n) is 2.51. The van der Waals surface area contributed by atoms with E-state index in [1.807, 2.05) is 44.2 Å². The van der Waals surface area contributed by atoms with Crippen molar-refractivity contribution in [2.24, 2.45) is 5.92 Å². The summed E-state index contributed by atoms with van der Waals surface area (Å²) in [5.41, 5.74) is 1.34. The Hall–Kier alpha value is -2.69. The molecular weight excluding hydrogens is 319 g/mol. The van der Waals surface area contributed by atoms with Crippen LogP contribution in [0.5, 0.6) is 0 Å². The molecule has 0 aliphatic rings. The van der Waals surface area contributed by atoms with Gasteiger partial charge in [-0.15, -0.1) is 0 Å². The zero-order valence-corrected chi connectivity index (χ0v) is 14.7. The van der Waals surface area contributed by atoms with Gasteiger partial charge in [0.15, 0.2) is 0 Å². The maximum Gasteiger partial charge on any atom is 0.251 e. The first kappa shape index (κ1) is 18.6. The van der Waals surface area contributed by atoms with Gasteiger partial charge in [0.25, 0.3) is 5.91 Å². The lowest BCUT2D eigenvalue weighted by atomic mass is 10.0. The van der Waals surface area contributed by atoms with Crippen LogP contribution in [0.4, 0.5) is 4.39 Å². The van der Waals surface area contributed by atoms with Crippen LogP contribution in [0, 0.1) is 11.7 Å². The zero-order valence-electron chi connectivity index (χ0n) is 14.7. The Labute approximate surface area is 147 Å². The highest BCUT2D eigenvalue weighted by Gasteiger charge is 2.27. The van der Waals surface area contributed by atoms with E-state index in [4.69, 9.17) is 0 Å². The summed E-state index contributed by atoms with van der Waals surface area (Å²) in [5.74, 6) is -1.03. The van der Waals surface area contributed by atoms with Gasteiger partial charge in [0.2, 0.25) is 5.91 Å². The second-order valence-corrected chi connectivity index (χ2v) is 6.38. The maximum absolute atomic E-state index is 13.0. The normalized spacial score (nSPS) is 11.9. The first-order chi connectivity index (χ1) is 11.9. The average Bonchev–Trinajstić information content (AvgIpc) is 2.60. The van der Waals surface area contributed by atoms with Gasteiger partial charge >= 0.3 is 0 Å². The molecule has 0 saturated heterocycles. The monoisotopic (exact) mass is 342 g/mol. The minimum atomic E-state index is -0.647. The Balaban J connectivity index is 2.07. The van der Waals surface area contributed by atoms with Crippen LogP contribution >= 0.6 is 0 Å². The summed E-state index contributed by atoms with van der Waals surface area (Å²) in [5, 5.41) is 2.77. The van der Waals surface area contributed by atoms with Gasteiger partial charge in [-0.05, 0) is 35.7 Å². The number of hydrogen-bond acceptors (Lipinski definition) is 2. The van der Waals surface area contributed by atoms with Crippen LogP contribution in [0.1, 0.15) is 29.8 Å². The number of halogens is 1. The van der Waals surface area contributed by atoms with Crippen molar-refractivity contribution in [3.05, 3.63) is 71.5 Å². The number of amides is 2.